The van der Waals surface area contributed by atoms with Gasteiger partial charge in [-0.2, -0.15) is 5.26 Å². The number of hydrogen-bond acceptors (Lipinski definition) is 5. The van der Waals surface area contributed by atoms with E-state index >= 15 is 0 Å². The lowest BCUT2D eigenvalue weighted by molar-refractivity contribution is 0.365. The van der Waals surface area contributed by atoms with Crippen molar-refractivity contribution in [2.75, 3.05) is 5.32 Å². The normalized spacial score (nSPS) is 10.0. The Balaban J connectivity index is 2.22. The lowest BCUT2D eigenvalue weighted by atomic mass is 10.1. The summed E-state index contributed by atoms with van der Waals surface area (Å²) < 4.78 is 0.796. The zero-order valence-corrected chi connectivity index (χ0v) is 11.8. The lowest BCUT2D eigenvalue weighted by Gasteiger charge is -2.11. The molecule has 0 atom stereocenters. The Labute approximate surface area is 123 Å². The average Bonchev–Trinajstić information content (AvgIpc) is 2.45. The van der Waals surface area contributed by atoms with Crippen molar-refractivity contribution in [3.63, 3.8) is 0 Å². The lowest BCUT2D eigenvalue weighted by Crippen LogP contribution is -2.01. The number of benzene rings is 2. The molecule has 0 saturated carbocycles. The third-order valence-electron chi connectivity index (χ3n) is 2.78. The quantitative estimate of drug-likeness (QED) is 0.647. The molecule has 0 aliphatic rings. The van der Waals surface area contributed by atoms with Crippen LogP contribution in [0.3, 0.4) is 0 Å². The van der Waals surface area contributed by atoms with Crippen molar-refractivity contribution in [3.8, 4) is 23.3 Å². The van der Waals surface area contributed by atoms with E-state index in [0.717, 1.165) is 4.47 Å². The van der Waals surface area contributed by atoms with Crippen LogP contribution in [0, 0.1) is 11.3 Å². The number of phenols is 3. The van der Waals surface area contributed by atoms with Gasteiger partial charge in [-0.3, -0.25) is 0 Å². The van der Waals surface area contributed by atoms with Gasteiger partial charge < -0.3 is 20.6 Å². The van der Waals surface area contributed by atoms with Gasteiger partial charge in [0, 0.05) is 16.6 Å². The molecule has 0 fully saturated rings. The first kappa shape index (κ1) is 14.0. The Hall–Kier alpha value is -2.39. The van der Waals surface area contributed by atoms with Crippen LogP contribution >= 0.6 is 15.9 Å². The molecule has 0 spiro atoms. The summed E-state index contributed by atoms with van der Waals surface area (Å²) in [4.78, 5) is 0. The number of nitrogens with zero attached hydrogens (tertiary/aromatic N) is 1. The highest BCUT2D eigenvalue weighted by molar-refractivity contribution is 9.10. The molecule has 2 aromatic rings. The highest BCUT2D eigenvalue weighted by Crippen LogP contribution is 2.37. The summed E-state index contributed by atoms with van der Waals surface area (Å²) in [5.41, 5.74) is 1.48. The molecule has 0 aromatic heterocycles. The van der Waals surface area contributed by atoms with Gasteiger partial charge >= 0.3 is 0 Å². The van der Waals surface area contributed by atoms with Crippen molar-refractivity contribution in [2.45, 2.75) is 6.54 Å². The van der Waals surface area contributed by atoms with Crippen LogP contribution in [0.5, 0.6) is 17.2 Å². The number of anilines is 1. The number of aromatic hydroxyl groups is 3. The minimum atomic E-state index is -0.555. The third kappa shape index (κ3) is 2.78. The molecule has 0 aliphatic carbocycles. The summed E-state index contributed by atoms with van der Waals surface area (Å²) in [6, 6.07) is 10.0. The van der Waals surface area contributed by atoms with E-state index in [-0.39, 0.29) is 18.0 Å². The average molecular weight is 335 g/mol. The molecule has 102 valence electrons. The molecule has 0 radical (unpaired) electrons. The van der Waals surface area contributed by atoms with Crippen molar-refractivity contribution < 1.29 is 15.3 Å². The van der Waals surface area contributed by atoms with E-state index < -0.39 is 5.75 Å². The third-order valence-corrected chi connectivity index (χ3v) is 3.28. The van der Waals surface area contributed by atoms with Gasteiger partial charge in [0.15, 0.2) is 11.5 Å². The van der Waals surface area contributed by atoms with Crippen LogP contribution in [0.25, 0.3) is 0 Å². The van der Waals surface area contributed by atoms with E-state index in [4.69, 9.17) is 5.26 Å². The van der Waals surface area contributed by atoms with Crippen molar-refractivity contribution in [3.05, 3.63) is 45.9 Å². The number of phenolic OH excluding ortho intramolecular Hbond substituents is 3. The van der Waals surface area contributed by atoms with Crippen molar-refractivity contribution in [1.82, 2.24) is 0 Å². The van der Waals surface area contributed by atoms with Crippen LogP contribution in [-0.2, 0) is 6.54 Å². The topological polar surface area (TPSA) is 96.5 Å². The fraction of sp³-hybridized carbons (Fsp3) is 0.0714. The first-order valence-corrected chi connectivity index (χ1v) is 6.48. The van der Waals surface area contributed by atoms with Gasteiger partial charge in [0.2, 0.25) is 5.75 Å². The monoisotopic (exact) mass is 334 g/mol. The van der Waals surface area contributed by atoms with E-state index in [1.54, 1.807) is 18.2 Å². The van der Waals surface area contributed by atoms with Gasteiger partial charge in [0.1, 0.15) is 6.07 Å². The maximum atomic E-state index is 9.70. The maximum absolute atomic E-state index is 9.70. The van der Waals surface area contributed by atoms with E-state index in [2.05, 4.69) is 27.3 Å². The van der Waals surface area contributed by atoms with E-state index in [9.17, 15) is 15.3 Å². The smallest absolute Gasteiger partial charge is 0.200 e. The molecule has 0 amide bonds. The SMILES string of the molecule is N#Cc1cc(Br)ccc1NCc1ccc(O)c(O)c1O. The van der Waals surface area contributed by atoms with Crippen LogP contribution in [0.15, 0.2) is 34.8 Å². The number of rotatable bonds is 3. The Morgan fingerprint density at radius 1 is 1.10 bits per heavy atom. The number of halogens is 1. The fourth-order valence-electron chi connectivity index (χ4n) is 1.71. The summed E-state index contributed by atoms with van der Waals surface area (Å²) >= 11 is 3.28. The van der Waals surface area contributed by atoms with Gasteiger partial charge in [-0.05, 0) is 30.3 Å². The predicted molar refractivity (Wildman–Crippen MR) is 77.6 cm³/mol. The van der Waals surface area contributed by atoms with Crippen LogP contribution in [0.2, 0.25) is 0 Å². The zero-order valence-electron chi connectivity index (χ0n) is 10.3. The minimum absolute atomic E-state index is 0.204. The molecule has 6 heteroatoms. The van der Waals surface area contributed by atoms with E-state index in [1.165, 1.54) is 12.1 Å². The molecular formula is C14H11BrN2O3. The highest BCUT2D eigenvalue weighted by Gasteiger charge is 2.11. The summed E-state index contributed by atoms with van der Waals surface area (Å²) in [7, 11) is 0. The Morgan fingerprint density at radius 3 is 2.55 bits per heavy atom. The van der Waals surface area contributed by atoms with Gasteiger partial charge in [-0.25, -0.2) is 0 Å². The van der Waals surface area contributed by atoms with Crippen LogP contribution in [0.4, 0.5) is 5.69 Å². The van der Waals surface area contributed by atoms with Crippen molar-refractivity contribution >= 4 is 21.6 Å². The first-order chi connectivity index (χ1) is 9.52. The second kappa shape index (κ2) is 5.72. The number of hydrogen-bond donors (Lipinski definition) is 4. The Kier molecular flexibility index (Phi) is 4.01. The number of nitrogens with one attached hydrogen (secondary N) is 1. The van der Waals surface area contributed by atoms with E-state index in [0.29, 0.717) is 16.8 Å². The van der Waals surface area contributed by atoms with Crippen molar-refractivity contribution in [2.24, 2.45) is 0 Å². The van der Waals surface area contributed by atoms with Crippen molar-refractivity contribution in [1.29, 1.82) is 5.26 Å². The predicted octanol–water partition coefficient (Wildman–Crippen LogP) is 3.05. The zero-order chi connectivity index (χ0) is 14.7. The standard InChI is InChI=1S/C14H11BrN2O3/c15-10-2-3-11(9(5-10)6-16)17-7-8-1-4-12(18)14(20)13(8)19/h1-5,17-20H,7H2. The molecule has 0 aliphatic heterocycles. The van der Waals surface area contributed by atoms with Gasteiger partial charge in [-0.1, -0.05) is 15.9 Å². The first-order valence-electron chi connectivity index (χ1n) is 5.69. The van der Waals surface area contributed by atoms with Gasteiger partial charge in [0.05, 0.1) is 11.3 Å². The summed E-state index contributed by atoms with van der Waals surface area (Å²) in [5.74, 6) is -1.32. The maximum Gasteiger partial charge on any atom is 0.200 e. The number of nitriles is 1. The van der Waals surface area contributed by atoms with Crippen LogP contribution in [0.1, 0.15) is 11.1 Å². The molecule has 2 aromatic carbocycles. The van der Waals surface area contributed by atoms with Gasteiger partial charge in [0.25, 0.3) is 0 Å². The molecule has 4 N–H and O–H groups in total. The molecule has 0 heterocycles. The molecule has 2 rings (SSSR count). The molecule has 0 bridgehead atoms. The summed E-state index contributed by atoms with van der Waals surface area (Å²) in [6.07, 6.45) is 0. The van der Waals surface area contributed by atoms with Crippen LogP contribution < -0.4 is 5.32 Å². The largest absolute Gasteiger partial charge is 0.504 e. The second-order valence-electron chi connectivity index (χ2n) is 4.10. The molecule has 5 nitrogen and oxygen atoms in total. The Morgan fingerprint density at radius 2 is 1.85 bits per heavy atom. The van der Waals surface area contributed by atoms with E-state index in [1.807, 2.05) is 0 Å². The van der Waals surface area contributed by atoms with Gasteiger partial charge in [-0.15, -0.1) is 0 Å². The Bertz CT molecular complexity index is 696. The molecule has 20 heavy (non-hydrogen) atoms. The summed E-state index contributed by atoms with van der Waals surface area (Å²) in [6.45, 7) is 0.204. The minimum Gasteiger partial charge on any atom is -0.504 e. The molecular weight excluding hydrogens is 324 g/mol. The molecule has 0 unspecified atom stereocenters. The fourth-order valence-corrected chi connectivity index (χ4v) is 2.07. The summed E-state index contributed by atoms with van der Waals surface area (Å²) in [5, 5.41) is 40.4. The molecule has 0 saturated heterocycles. The highest BCUT2D eigenvalue weighted by atomic mass is 79.9. The van der Waals surface area contributed by atoms with Crippen LogP contribution in [-0.4, -0.2) is 15.3 Å². The second-order valence-corrected chi connectivity index (χ2v) is 5.01.